The van der Waals surface area contributed by atoms with Crippen LogP contribution >= 0.6 is 0 Å². The molecule has 2 rings (SSSR count). The number of nitrogens with two attached hydrogens (primary N) is 1. The predicted octanol–water partition coefficient (Wildman–Crippen LogP) is 1.20. The third-order valence-corrected chi connectivity index (χ3v) is 3.30. The highest BCUT2D eigenvalue weighted by molar-refractivity contribution is 5.97. The second-order valence-electron chi connectivity index (χ2n) is 4.52. The fraction of sp³-hybridized carbons (Fsp3) is 0.250. The molecule has 0 radical (unpaired) electrons. The maximum absolute atomic E-state index is 11.2. The summed E-state index contributed by atoms with van der Waals surface area (Å²) in [5.74, 6) is -0.162. The van der Waals surface area contributed by atoms with Gasteiger partial charge in [-0.3, -0.25) is 10.1 Å². The molecule has 0 unspecified atom stereocenters. The lowest BCUT2D eigenvalue weighted by atomic mass is 10.2. The van der Waals surface area contributed by atoms with E-state index in [9.17, 15) is 10.1 Å². The molecule has 0 bridgehead atoms. The molecular weight excluding hydrogens is 276 g/mol. The number of rotatable bonds is 3. The Morgan fingerprint density at radius 3 is 2.62 bits per heavy atom. The Morgan fingerprint density at radius 1 is 1.48 bits per heavy atom. The number of aromatic nitrogens is 3. The van der Waals surface area contributed by atoms with Crippen LogP contribution in [-0.4, -0.2) is 30.7 Å². The van der Waals surface area contributed by atoms with E-state index in [4.69, 9.17) is 10.9 Å². The largest absolute Gasteiger partial charge is 0.409 e. The molecule has 9 nitrogen and oxygen atoms in total. The van der Waals surface area contributed by atoms with Crippen molar-refractivity contribution in [1.29, 1.82) is 0 Å². The Kier molecular flexibility index (Phi) is 3.57. The summed E-state index contributed by atoms with van der Waals surface area (Å²) >= 11 is 0. The fourth-order valence-corrected chi connectivity index (χ4v) is 1.87. The quantitative estimate of drug-likeness (QED) is 0.287. The maximum atomic E-state index is 11.2. The number of hydrogen-bond acceptors (Lipinski definition) is 6. The maximum Gasteiger partial charge on any atom is 0.314 e. The molecule has 110 valence electrons. The molecule has 0 saturated heterocycles. The van der Waals surface area contributed by atoms with Gasteiger partial charge in [0.25, 0.3) is 0 Å². The number of amidine groups is 1. The summed E-state index contributed by atoms with van der Waals surface area (Å²) in [4.78, 5) is 14.7. The molecule has 0 amide bonds. The van der Waals surface area contributed by atoms with E-state index in [0.29, 0.717) is 0 Å². The van der Waals surface area contributed by atoms with Crippen LogP contribution in [0.4, 0.5) is 5.69 Å². The van der Waals surface area contributed by atoms with Crippen molar-refractivity contribution in [2.45, 2.75) is 20.8 Å². The molecule has 2 aromatic heterocycles. The minimum absolute atomic E-state index is 0.0863. The first-order valence-electron chi connectivity index (χ1n) is 6.02. The van der Waals surface area contributed by atoms with Gasteiger partial charge in [0, 0.05) is 23.5 Å². The Labute approximate surface area is 119 Å². The van der Waals surface area contributed by atoms with Crippen molar-refractivity contribution in [2.75, 3.05) is 0 Å². The molecule has 0 fully saturated rings. The molecule has 3 N–H and O–H groups in total. The van der Waals surface area contributed by atoms with Crippen molar-refractivity contribution in [3.63, 3.8) is 0 Å². The zero-order chi connectivity index (χ0) is 15.7. The molecule has 0 aliphatic heterocycles. The smallest absolute Gasteiger partial charge is 0.314 e. The standard InChI is InChI=1S/C12H14N6O3/c1-6-7(2)15-17(8(6)3)12-10(18(20)21)4-9(5-14-12)11(13)16-19/h4-5,19H,1-3H3,(H2,13,16). The number of nitrogens with zero attached hydrogens (tertiary/aromatic N) is 5. The van der Waals surface area contributed by atoms with Gasteiger partial charge >= 0.3 is 5.69 Å². The molecule has 2 aromatic rings. The molecule has 0 atom stereocenters. The second-order valence-corrected chi connectivity index (χ2v) is 4.52. The number of pyridine rings is 1. The SMILES string of the molecule is Cc1nn(-c2ncc(C(N)=NO)cc2[N+](=O)[O-])c(C)c1C. The Morgan fingerprint density at radius 2 is 2.14 bits per heavy atom. The molecule has 0 saturated carbocycles. The predicted molar refractivity (Wildman–Crippen MR) is 74.7 cm³/mol. The van der Waals surface area contributed by atoms with Crippen LogP contribution in [0.1, 0.15) is 22.5 Å². The number of hydrogen-bond donors (Lipinski definition) is 2. The molecule has 2 heterocycles. The summed E-state index contributed by atoms with van der Waals surface area (Å²) < 4.78 is 1.42. The first kappa shape index (κ1) is 14.4. The van der Waals surface area contributed by atoms with Crippen molar-refractivity contribution >= 4 is 11.5 Å². The van der Waals surface area contributed by atoms with Gasteiger partial charge in [-0.2, -0.15) is 5.10 Å². The monoisotopic (exact) mass is 290 g/mol. The van der Waals surface area contributed by atoms with Crippen molar-refractivity contribution in [2.24, 2.45) is 10.9 Å². The van der Waals surface area contributed by atoms with Crippen molar-refractivity contribution in [3.8, 4) is 5.82 Å². The van der Waals surface area contributed by atoms with Crippen LogP contribution < -0.4 is 5.73 Å². The third-order valence-electron chi connectivity index (χ3n) is 3.30. The lowest BCUT2D eigenvalue weighted by Gasteiger charge is -2.06. The van der Waals surface area contributed by atoms with Gasteiger partial charge in [-0.1, -0.05) is 5.16 Å². The van der Waals surface area contributed by atoms with Crippen LogP contribution in [0.5, 0.6) is 0 Å². The van der Waals surface area contributed by atoms with Gasteiger partial charge in [0.15, 0.2) is 5.84 Å². The van der Waals surface area contributed by atoms with E-state index >= 15 is 0 Å². The van der Waals surface area contributed by atoms with Crippen LogP contribution in [0.3, 0.4) is 0 Å². The molecule has 0 spiro atoms. The summed E-state index contributed by atoms with van der Waals surface area (Å²) in [6, 6.07) is 1.20. The van der Waals surface area contributed by atoms with Gasteiger partial charge in [0.1, 0.15) is 0 Å². The van der Waals surface area contributed by atoms with Crippen LogP contribution in [0, 0.1) is 30.9 Å². The topological polar surface area (TPSA) is 132 Å². The van der Waals surface area contributed by atoms with Gasteiger partial charge in [-0.15, -0.1) is 0 Å². The van der Waals surface area contributed by atoms with E-state index in [-0.39, 0.29) is 22.9 Å². The minimum atomic E-state index is -0.581. The minimum Gasteiger partial charge on any atom is -0.409 e. The lowest BCUT2D eigenvalue weighted by molar-refractivity contribution is -0.385. The van der Waals surface area contributed by atoms with Gasteiger partial charge in [0.2, 0.25) is 5.82 Å². The summed E-state index contributed by atoms with van der Waals surface area (Å²) in [6.07, 6.45) is 1.29. The van der Waals surface area contributed by atoms with Gasteiger partial charge in [0.05, 0.1) is 10.6 Å². The molecular formula is C12H14N6O3. The molecule has 0 aromatic carbocycles. The van der Waals surface area contributed by atoms with E-state index in [0.717, 1.165) is 17.0 Å². The van der Waals surface area contributed by atoms with Gasteiger partial charge in [-0.05, 0) is 26.3 Å². The normalized spacial score (nSPS) is 11.7. The van der Waals surface area contributed by atoms with Crippen molar-refractivity contribution in [1.82, 2.24) is 14.8 Å². The summed E-state index contributed by atoms with van der Waals surface area (Å²) in [5, 5.41) is 26.9. The van der Waals surface area contributed by atoms with Crippen molar-refractivity contribution < 1.29 is 10.1 Å². The van der Waals surface area contributed by atoms with Crippen LogP contribution in [0.25, 0.3) is 5.82 Å². The molecule has 9 heteroatoms. The van der Waals surface area contributed by atoms with E-state index < -0.39 is 4.92 Å². The third kappa shape index (κ3) is 2.40. The van der Waals surface area contributed by atoms with Crippen molar-refractivity contribution in [3.05, 3.63) is 44.9 Å². The van der Waals surface area contributed by atoms with Crippen LogP contribution in [0.15, 0.2) is 17.4 Å². The first-order chi connectivity index (χ1) is 9.86. The van der Waals surface area contributed by atoms with Crippen LogP contribution in [0.2, 0.25) is 0 Å². The number of aryl methyl sites for hydroxylation is 1. The number of nitro groups is 1. The first-order valence-corrected chi connectivity index (χ1v) is 6.02. The van der Waals surface area contributed by atoms with E-state index in [1.165, 1.54) is 16.9 Å². The lowest BCUT2D eigenvalue weighted by Crippen LogP contribution is -2.15. The highest BCUT2D eigenvalue weighted by atomic mass is 16.6. The molecule has 0 aliphatic rings. The van der Waals surface area contributed by atoms with E-state index in [1.807, 2.05) is 13.8 Å². The average molecular weight is 290 g/mol. The Hall–Kier alpha value is -2.97. The molecule has 0 aliphatic carbocycles. The zero-order valence-corrected chi connectivity index (χ0v) is 11.7. The summed E-state index contributed by atoms with van der Waals surface area (Å²) in [6.45, 7) is 5.50. The van der Waals surface area contributed by atoms with Gasteiger partial charge < -0.3 is 10.9 Å². The fourth-order valence-electron chi connectivity index (χ4n) is 1.87. The molecule has 21 heavy (non-hydrogen) atoms. The Balaban J connectivity index is 2.69. The van der Waals surface area contributed by atoms with E-state index in [2.05, 4.69) is 15.2 Å². The average Bonchev–Trinajstić information content (AvgIpc) is 2.73. The van der Waals surface area contributed by atoms with Crippen LogP contribution in [-0.2, 0) is 0 Å². The summed E-state index contributed by atoms with van der Waals surface area (Å²) in [7, 11) is 0. The highest BCUT2D eigenvalue weighted by Crippen LogP contribution is 2.24. The second kappa shape index (κ2) is 5.19. The summed E-state index contributed by atoms with van der Waals surface area (Å²) in [5.41, 5.74) is 7.78. The van der Waals surface area contributed by atoms with Gasteiger partial charge in [-0.25, -0.2) is 9.67 Å². The van der Waals surface area contributed by atoms with E-state index in [1.54, 1.807) is 6.92 Å². The Bertz CT molecular complexity index is 750. The zero-order valence-electron chi connectivity index (χ0n) is 11.7. The highest BCUT2D eigenvalue weighted by Gasteiger charge is 2.22. The number of oxime groups is 1.